The van der Waals surface area contributed by atoms with Gasteiger partial charge in [0.1, 0.15) is 5.75 Å². The minimum atomic E-state index is -3.01. The van der Waals surface area contributed by atoms with Crippen LogP contribution in [0.4, 0.5) is 8.78 Å². The van der Waals surface area contributed by atoms with Crippen LogP contribution in [-0.4, -0.2) is 54.4 Å². The summed E-state index contributed by atoms with van der Waals surface area (Å²) < 4.78 is 29.5. The van der Waals surface area contributed by atoms with Crippen molar-refractivity contribution in [2.75, 3.05) is 26.2 Å². The van der Waals surface area contributed by atoms with Gasteiger partial charge in [0, 0.05) is 31.2 Å². The number of piperazine rings is 1. The van der Waals surface area contributed by atoms with Crippen molar-refractivity contribution >= 4 is 23.4 Å². The molecule has 1 aliphatic heterocycles. The van der Waals surface area contributed by atoms with E-state index in [9.17, 15) is 18.4 Å². The molecule has 0 bridgehead atoms. The third kappa shape index (κ3) is 4.78. The molecule has 28 heavy (non-hydrogen) atoms. The first-order chi connectivity index (χ1) is 13.5. The van der Waals surface area contributed by atoms with Gasteiger partial charge in [0.15, 0.2) is 0 Å². The average Bonchev–Trinajstić information content (AvgIpc) is 2.69. The third-order valence-electron chi connectivity index (χ3n) is 4.55. The van der Waals surface area contributed by atoms with Crippen LogP contribution in [0.15, 0.2) is 48.5 Å². The summed E-state index contributed by atoms with van der Waals surface area (Å²) in [6.45, 7) is -1.64. The zero-order valence-corrected chi connectivity index (χ0v) is 15.7. The normalized spacial score (nSPS) is 14.3. The van der Waals surface area contributed by atoms with Crippen molar-refractivity contribution in [1.29, 1.82) is 0 Å². The number of para-hydroxylation sites is 1. The molecular weight excluding hydrogens is 390 g/mol. The quantitative estimate of drug-likeness (QED) is 0.761. The van der Waals surface area contributed by atoms with Gasteiger partial charge in [-0.3, -0.25) is 9.59 Å². The molecule has 1 saturated heterocycles. The van der Waals surface area contributed by atoms with Gasteiger partial charge in [0.25, 0.3) is 5.91 Å². The molecule has 0 saturated carbocycles. The summed E-state index contributed by atoms with van der Waals surface area (Å²) >= 11 is 6.10. The van der Waals surface area contributed by atoms with Gasteiger partial charge in [0.05, 0.1) is 12.0 Å². The van der Waals surface area contributed by atoms with E-state index in [0.717, 1.165) is 5.56 Å². The molecule has 148 valence electrons. The summed E-state index contributed by atoms with van der Waals surface area (Å²) in [6, 6.07) is 13.1. The fourth-order valence-electron chi connectivity index (χ4n) is 3.09. The number of carbonyl (C=O) groups is 2. The lowest BCUT2D eigenvalue weighted by Gasteiger charge is -2.35. The van der Waals surface area contributed by atoms with Crippen molar-refractivity contribution in [3.8, 4) is 5.75 Å². The number of ether oxygens (including phenoxy) is 1. The molecule has 1 heterocycles. The second-order valence-corrected chi connectivity index (χ2v) is 6.72. The van der Waals surface area contributed by atoms with Crippen LogP contribution in [0.3, 0.4) is 0 Å². The third-order valence-corrected chi connectivity index (χ3v) is 4.92. The summed E-state index contributed by atoms with van der Waals surface area (Å²) in [7, 11) is 0. The van der Waals surface area contributed by atoms with Gasteiger partial charge >= 0.3 is 6.61 Å². The minimum absolute atomic E-state index is 0.0679. The first kappa shape index (κ1) is 20.1. The Bertz CT molecular complexity index is 855. The van der Waals surface area contributed by atoms with E-state index in [1.165, 1.54) is 23.1 Å². The van der Waals surface area contributed by atoms with Crippen molar-refractivity contribution in [2.45, 2.75) is 13.0 Å². The molecule has 2 aromatic carbocycles. The molecule has 0 aliphatic carbocycles. The van der Waals surface area contributed by atoms with Crippen LogP contribution in [0.2, 0.25) is 5.02 Å². The van der Waals surface area contributed by atoms with Gasteiger partial charge in [-0.05, 0) is 23.8 Å². The van der Waals surface area contributed by atoms with E-state index in [-0.39, 0.29) is 23.6 Å². The van der Waals surface area contributed by atoms with Crippen LogP contribution in [0.1, 0.15) is 15.9 Å². The number of hydrogen-bond acceptors (Lipinski definition) is 3. The first-order valence-corrected chi connectivity index (χ1v) is 9.18. The van der Waals surface area contributed by atoms with Crippen molar-refractivity contribution in [2.24, 2.45) is 0 Å². The Balaban J connectivity index is 1.60. The van der Waals surface area contributed by atoms with Crippen molar-refractivity contribution in [1.82, 2.24) is 9.80 Å². The molecule has 2 aromatic rings. The predicted molar refractivity (Wildman–Crippen MR) is 101 cm³/mol. The lowest BCUT2D eigenvalue weighted by molar-refractivity contribution is -0.131. The molecule has 0 radical (unpaired) electrons. The van der Waals surface area contributed by atoms with Crippen LogP contribution in [0, 0.1) is 0 Å². The maximum atomic E-state index is 12.7. The molecule has 1 fully saturated rings. The highest BCUT2D eigenvalue weighted by Gasteiger charge is 2.27. The van der Waals surface area contributed by atoms with Gasteiger partial charge < -0.3 is 14.5 Å². The second kappa shape index (κ2) is 9.01. The van der Waals surface area contributed by atoms with E-state index in [4.69, 9.17) is 11.6 Å². The van der Waals surface area contributed by atoms with E-state index in [1.54, 1.807) is 29.2 Å². The molecule has 0 atom stereocenters. The number of alkyl halides is 2. The topological polar surface area (TPSA) is 49.9 Å². The van der Waals surface area contributed by atoms with Crippen molar-refractivity contribution in [3.05, 3.63) is 64.7 Å². The van der Waals surface area contributed by atoms with Gasteiger partial charge in [-0.25, -0.2) is 0 Å². The average molecular weight is 409 g/mol. The van der Waals surface area contributed by atoms with Gasteiger partial charge in [-0.2, -0.15) is 8.78 Å². The fourth-order valence-corrected chi connectivity index (χ4v) is 3.29. The number of carbonyl (C=O) groups excluding carboxylic acids is 2. The fraction of sp³-hybridized carbons (Fsp3) is 0.300. The predicted octanol–water partition coefficient (Wildman–Crippen LogP) is 3.47. The van der Waals surface area contributed by atoms with Gasteiger partial charge in [-0.15, -0.1) is 0 Å². The largest absolute Gasteiger partial charge is 0.434 e. The summed E-state index contributed by atoms with van der Waals surface area (Å²) in [5, 5.41) is 0.542. The Labute approximate surface area is 166 Å². The van der Waals surface area contributed by atoms with Crippen LogP contribution in [0.25, 0.3) is 0 Å². The molecule has 1 aliphatic rings. The molecular formula is C20H19ClF2N2O3. The molecule has 0 N–H and O–H groups in total. The first-order valence-electron chi connectivity index (χ1n) is 8.80. The highest BCUT2D eigenvalue weighted by molar-refractivity contribution is 6.31. The lowest BCUT2D eigenvalue weighted by atomic mass is 10.1. The monoisotopic (exact) mass is 408 g/mol. The maximum Gasteiger partial charge on any atom is 0.387 e. The Morgan fingerprint density at radius 1 is 0.964 bits per heavy atom. The summed E-state index contributed by atoms with van der Waals surface area (Å²) in [5.41, 5.74) is 0.837. The number of amides is 2. The van der Waals surface area contributed by atoms with E-state index < -0.39 is 12.5 Å². The Morgan fingerprint density at radius 3 is 2.25 bits per heavy atom. The van der Waals surface area contributed by atoms with Crippen LogP contribution < -0.4 is 4.74 Å². The van der Waals surface area contributed by atoms with E-state index in [0.29, 0.717) is 31.2 Å². The van der Waals surface area contributed by atoms with Crippen LogP contribution in [0.5, 0.6) is 5.75 Å². The summed E-state index contributed by atoms with van der Waals surface area (Å²) in [4.78, 5) is 28.4. The summed E-state index contributed by atoms with van der Waals surface area (Å²) in [6.07, 6.45) is 0.193. The van der Waals surface area contributed by atoms with Crippen molar-refractivity contribution < 1.29 is 23.1 Å². The van der Waals surface area contributed by atoms with E-state index in [2.05, 4.69) is 4.74 Å². The molecule has 3 rings (SSSR count). The molecule has 0 unspecified atom stereocenters. The molecule has 0 aromatic heterocycles. The SMILES string of the molecule is O=C(Cc1ccccc1Cl)N1CCN(C(=O)c2ccccc2OC(F)F)CC1. The molecule has 5 nitrogen and oxygen atoms in total. The molecule has 8 heteroatoms. The lowest BCUT2D eigenvalue weighted by Crippen LogP contribution is -2.51. The smallest absolute Gasteiger partial charge is 0.387 e. The van der Waals surface area contributed by atoms with Crippen LogP contribution >= 0.6 is 11.6 Å². The highest BCUT2D eigenvalue weighted by Crippen LogP contribution is 2.23. The number of nitrogens with zero attached hydrogens (tertiary/aromatic N) is 2. The van der Waals surface area contributed by atoms with Gasteiger partial charge in [-0.1, -0.05) is 41.9 Å². The Morgan fingerprint density at radius 2 is 1.57 bits per heavy atom. The standard InChI is InChI=1S/C20H19ClF2N2O3/c21-16-7-3-1-5-14(16)13-18(26)24-9-11-25(12-10-24)19(27)15-6-2-4-8-17(15)28-20(22)23/h1-8,20H,9-13H2. The summed E-state index contributed by atoms with van der Waals surface area (Å²) in [5.74, 6) is -0.615. The Hall–Kier alpha value is -2.67. The van der Waals surface area contributed by atoms with E-state index in [1.807, 2.05) is 6.07 Å². The molecule has 0 spiro atoms. The second-order valence-electron chi connectivity index (χ2n) is 6.32. The number of benzene rings is 2. The zero-order chi connectivity index (χ0) is 20.1. The van der Waals surface area contributed by atoms with Gasteiger partial charge in [0.2, 0.25) is 5.91 Å². The van der Waals surface area contributed by atoms with Crippen LogP contribution in [-0.2, 0) is 11.2 Å². The minimum Gasteiger partial charge on any atom is -0.434 e. The van der Waals surface area contributed by atoms with E-state index >= 15 is 0 Å². The molecule has 2 amide bonds. The number of hydrogen-bond donors (Lipinski definition) is 0. The number of rotatable bonds is 5. The highest BCUT2D eigenvalue weighted by atomic mass is 35.5. The maximum absolute atomic E-state index is 12.7. The Kier molecular flexibility index (Phi) is 6.46. The van der Waals surface area contributed by atoms with Crippen molar-refractivity contribution in [3.63, 3.8) is 0 Å². The number of halogens is 3. The zero-order valence-electron chi connectivity index (χ0n) is 15.0.